The van der Waals surface area contributed by atoms with Crippen LogP contribution in [0.5, 0.6) is 0 Å². The molecular weight excluding hydrogens is 421 g/mol. The number of hydrogen-bond acceptors (Lipinski definition) is 4. The third-order valence-electron chi connectivity index (χ3n) is 4.44. The molecule has 1 N–H and O–H groups in total. The van der Waals surface area contributed by atoms with Crippen molar-refractivity contribution in [2.24, 2.45) is 0 Å². The van der Waals surface area contributed by atoms with E-state index in [1.807, 2.05) is 0 Å². The van der Waals surface area contributed by atoms with Crippen LogP contribution >= 0.6 is 11.6 Å². The molecule has 0 radical (unpaired) electrons. The van der Waals surface area contributed by atoms with Gasteiger partial charge < -0.3 is 9.84 Å². The van der Waals surface area contributed by atoms with Crippen LogP contribution in [0.3, 0.4) is 0 Å². The molecule has 0 aliphatic heterocycles. The van der Waals surface area contributed by atoms with Gasteiger partial charge in [0.15, 0.2) is 0 Å². The fourth-order valence-corrected chi connectivity index (χ4v) is 3.39. The highest BCUT2D eigenvalue weighted by Crippen LogP contribution is 2.38. The third-order valence-corrected chi connectivity index (χ3v) is 4.76. The van der Waals surface area contributed by atoms with Crippen LogP contribution in [-0.2, 0) is 27.7 Å². The van der Waals surface area contributed by atoms with E-state index >= 15 is 0 Å². The van der Waals surface area contributed by atoms with Gasteiger partial charge in [0, 0.05) is 5.69 Å². The van der Waals surface area contributed by atoms with Crippen LogP contribution < -0.4 is 0 Å². The zero-order valence-corrected chi connectivity index (χ0v) is 17.3. The first-order chi connectivity index (χ1) is 13.9. The second kappa shape index (κ2) is 7.92. The number of rotatable bonds is 5. The lowest BCUT2D eigenvalue weighted by Crippen LogP contribution is -2.21. The van der Waals surface area contributed by atoms with Crippen molar-refractivity contribution < 1.29 is 27.8 Å². The SMILES string of the molecule is CCOC(=O)Cc1ccc(-n2c(C(C)(C)O)nc3cc(C(F)(F)F)c(Cl)cc32)cc1. The number of benzene rings is 2. The summed E-state index contributed by atoms with van der Waals surface area (Å²) in [6.45, 7) is 4.99. The van der Waals surface area contributed by atoms with Gasteiger partial charge in [-0.25, -0.2) is 4.98 Å². The summed E-state index contributed by atoms with van der Waals surface area (Å²) in [6, 6.07) is 8.86. The minimum atomic E-state index is -4.63. The Balaban J connectivity index is 2.14. The molecule has 1 heterocycles. The van der Waals surface area contributed by atoms with Gasteiger partial charge in [-0.2, -0.15) is 13.2 Å². The largest absolute Gasteiger partial charge is 0.466 e. The van der Waals surface area contributed by atoms with E-state index < -0.39 is 22.4 Å². The Morgan fingerprint density at radius 1 is 1.20 bits per heavy atom. The fourth-order valence-electron chi connectivity index (χ4n) is 3.13. The summed E-state index contributed by atoms with van der Waals surface area (Å²) < 4.78 is 46.2. The van der Waals surface area contributed by atoms with E-state index in [0.29, 0.717) is 16.8 Å². The highest BCUT2D eigenvalue weighted by Gasteiger charge is 2.35. The molecular formula is C21H20ClF3N2O3. The lowest BCUT2D eigenvalue weighted by atomic mass is 10.1. The predicted octanol–water partition coefficient (Wildman–Crippen LogP) is 5.03. The number of alkyl halides is 3. The van der Waals surface area contributed by atoms with E-state index in [1.54, 1.807) is 35.8 Å². The summed E-state index contributed by atoms with van der Waals surface area (Å²) in [7, 11) is 0. The monoisotopic (exact) mass is 440 g/mol. The molecule has 3 aromatic rings. The molecule has 0 fully saturated rings. The quantitative estimate of drug-likeness (QED) is 0.565. The highest BCUT2D eigenvalue weighted by molar-refractivity contribution is 6.32. The van der Waals surface area contributed by atoms with Crippen LogP contribution in [0, 0.1) is 0 Å². The molecule has 0 bridgehead atoms. The number of imidazole rings is 1. The number of esters is 1. The molecule has 0 aliphatic carbocycles. The van der Waals surface area contributed by atoms with Crippen LogP contribution in [0.2, 0.25) is 5.02 Å². The highest BCUT2D eigenvalue weighted by atomic mass is 35.5. The minimum Gasteiger partial charge on any atom is -0.466 e. The molecule has 160 valence electrons. The minimum absolute atomic E-state index is 0.0550. The number of nitrogens with zero attached hydrogens (tertiary/aromatic N) is 2. The Morgan fingerprint density at radius 3 is 2.37 bits per heavy atom. The Labute approximate surface area is 176 Å². The van der Waals surface area contributed by atoms with Gasteiger partial charge in [0.2, 0.25) is 0 Å². The summed E-state index contributed by atoms with van der Waals surface area (Å²) >= 11 is 5.91. The van der Waals surface area contributed by atoms with Gasteiger partial charge in [-0.15, -0.1) is 0 Å². The number of hydrogen-bond donors (Lipinski definition) is 1. The molecule has 30 heavy (non-hydrogen) atoms. The summed E-state index contributed by atoms with van der Waals surface area (Å²) in [5.74, 6) is -0.201. The standard InChI is InChI=1S/C21H20ClF3N2O3/c1-4-30-18(28)9-12-5-7-13(8-6-12)27-17-11-15(22)14(21(23,24)25)10-16(17)26-19(27)20(2,3)29/h5-8,10-11,29H,4,9H2,1-3H3. The molecule has 1 aromatic heterocycles. The van der Waals surface area contributed by atoms with E-state index in [2.05, 4.69) is 4.98 Å². The van der Waals surface area contributed by atoms with Crippen LogP contribution in [0.4, 0.5) is 13.2 Å². The Morgan fingerprint density at radius 2 is 1.83 bits per heavy atom. The first-order valence-corrected chi connectivity index (χ1v) is 9.56. The molecule has 0 saturated heterocycles. The molecule has 0 amide bonds. The van der Waals surface area contributed by atoms with E-state index in [4.69, 9.17) is 16.3 Å². The summed E-state index contributed by atoms with van der Waals surface area (Å²) in [4.78, 5) is 15.9. The van der Waals surface area contributed by atoms with Crippen molar-refractivity contribution in [2.45, 2.75) is 39.0 Å². The molecule has 9 heteroatoms. The summed E-state index contributed by atoms with van der Waals surface area (Å²) in [6.07, 6.45) is -4.53. The van der Waals surface area contributed by atoms with Crippen molar-refractivity contribution in [3.63, 3.8) is 0 Å². The molecule has 2 aromatic carbocycles. The maximum atomic E-state index is 13.2. The topological polar surface area (TPSA) is 64.3 Å². The van der Waals surface area contributed by atoms with Gasteiger partial charge >= 0.3 is 12.1 Å². The van der Waals surface area contributed by atoms with Crippen molar-refractivity contribution in [1.82, 2.24) is 9.55 Å². The lowest BCUT2D eigenvalue weighted by Gasteiger charge is -2.19. The first kappa shape index (κ1) is 22.1. The van der Waals surface area contributed by atoms with E-state index in [0.717, 1.165) is 6.07 Å². The van der Waals surface area contributed by atoms with Gasteiger partial charge in [0.25, 0.3) is 0 Å². The Bertz CT molecular complexity index is 1080. The van der Waals surface area contributed by atoms with Crippen LogP contribution in [0.15, 0.2) is 36.4 Å². The smallest absolute Gasteiger partial charge is 0.417 e. The molecule has 0 unspecified atom stereocenters. The number of aromatic nitrogens is 2. The zero-order chi connectivity index (χ0) is 22.3. The molecule has 3 rings (SSSR count). The average molecular weight is 441 g/mol. The van der Waals surface area contributed by atoms with E-state index in [1.165, 1.54) is 19.9 Å². The van der Waals surface area contributed by atoms with Crippen molar-refractivity contribution in [2.75, 3.05) is 6.61 Å². The molecule has 5 nitrogen and oxygen atoms in total. The van der Waals surface area contributed by atoms with Gasteiger partial charge in [-0.1, -0.05) is 23.7 Å². The van der Waals surface area contributed by atoms with E-state index in [-0.39, 0.29) is 30.3 Å². The second-order valence-corrected chi connectivity index (χ2v) is 7.70. The van der Waals surface area contributed by atoms with Crippen LogP contribution in [0.1, 0.15) is 37.7 Å². The van der Waals surface area contributed by atoms with Crippen molar-refractivity contribution in [1.29, 1.82) is 0 Å². The average Bonchev–Trinajstić information content (AvgIpc) is 3.00. The van der Waals surface area contributed by atoms with Crippen LogP contribution in [-0.4, -0.2) is 27.2 Å². The maximum absolute atomic E-state index is 13.2. The van der Waals surface area contributed by atoms with Gasteiger partial charge in [-0.3, -0.25) is 9.36 Å². The maximum Gasteiger partial charge on any atom is 0.417 e. The second-order valence-electron chi connectivity index (χ2n) is 7.30. The summed E-state index contributed by atoms with van der Waals surface area (Å²) in [5, 5.41) is 10.1. The summed E-state index contributed by atoms with van der Waals surface area (Å²) in [5.41, 5.74) is -0.786. The van der Waals surface area contributed by atoms with Gasteiger partial charge in [0.05, 0.1) is 34.6 Å². The zero-order valence-electron chi connectivity index (χ0n) is 16.5. The third kappa shape index (κ3) is 4.44. The van der Waals surface area contributed by atoms with Crippen molar-refractivity contribution in [3.8, 4) is 5.69 Å². The number of aliphatic hydroxyl groups is 1. The van der Waals surface area contributed by atoms with Crippen molar-refractivity contribution >= 4 is 28.6 Å². The number of carbonyl (C=O) groups is 1. The number of halogens is 4. The van der Waals surface area contributed by atoms with Crippen molar-refractivity contribution in [3.05, 3.63) is 58.4 Å². The normalized spacial score (nSPS) is 12.4. The van der Waals surface area contributed by atoms with Gasteiger partial charge in [0.1, 0.15) is 11.4 Å². The number of ether oxygens (including phenoxy) is 1. The number of carbonyl (C=O) groups excluding carboxylic acids is 1. The fraction of sp³-hybridized carbons (Fsp3) is 0.333. The first-order valence-electron chi connectivity index (χ1n) is 9.18. The molecule has 0 spiro atoms. The van der Waals surface area contributed by atoms with Crippen LogP contribution in [0.25, 0.3) is 16.7 Å². The number of fused-ring (bicyclic) bond motifs is 1. The molecule has 0 atom stereocenters. The predicted molar refractivity (Wildman–Crippen MR) is 107 cm³/mol. The lowest BCUT2D eigenvalue weighted by molar-refractivity contribution is -0.142. The molecule has 0 aliphatic rings. The van der Waals surface area contributed by atoms with Gasteiger partial charge in [-0.05, 0) is 50.6 Å². The Hall–Kier alpha value is -2.58. The Kier molecular flexibility index (Phi) is 5.84. The molecule has 0 saturated carbocycles. The van der Waals surface area contributed by atoms with E-state index in [9.17, 15) is 23.1 Å².